The van der Waals surface area contributed by atoms with E-state index in [2.05, 4.69) is 43.8 Å². The van der Waals surface area contributed by atoms with Gasteiger partial charge in [0.1, 0.15) is 11.5 Å². The minimum atomic E-state index is -1.04. The van der Waals surface area contributed by atoms with Crippen LogP contribution in [-0.2, 0) is 0 Å². The highest BCUT2D eigenvalue weighted by Crippen LogP contribution is 2.29. The molecule has 3 aromatic rings. The lowest BCUT2D eigenvalue weighted by Crippen LogP contribution is -2.52. The lowest BCUT2D eigenvalue weighted by atomic mass is 10.0. The summed E-state index contributed by atoms with van der Waals surface area (Å²) < 4.78 is 0. The van der Waals surface area contributed by atoms with Crippen molar-refractivity contribution in [2.24, 2.45) is 0 Å². The summed E-state index contributed by atoms with van der Waals surface area (Å²) in [5, 5.41) is 10.3. The molecule has 0 spiro atoms. The normalized spacial score (nSPS) is 18.4. The van der Waals surface area contributed by atoms with Crippen molar-refractivity contribution in [3.05, 3.63) is 59.2 Å². The summed E-state index contributed by atoms with van der Waals surface area (Å²) >= 11 is 5.98. The van der Waals surface area contributed by atoms with Crippen molar-refractivity contribution >= 4 is 23.3 Å². The average Bonchev–Trinajstić information content (AvgIpc) is 3.31. The lowest BCUT2D eigenvalue weighted by molar-refractivity contribution is 0.0692. The van der Waals surface area contributed by atoms with Gasteiger partial charge >= 0.3 is 5.97 Å². The Bertz CT molecular complexity index is 1130. The molecular formula is C26H30ClN5O2. The van der Waals surface area contributed by atoms with E-state index in [4.69, 9.17) is 11.6 Å². The van der Waals surface area contributed by atoms with Gasteiger partial charge < -0.3 is 19.9 Å². The van der Waals surface area contributed by atoms with E-state index in [1.807, 2.05) is 12.1 Å². The van der Waals surface area contributed by atoms with Crippen LogP contribution in [0.2, 0.25) is 5.02 Å². The molecular weight excluding hydrogens is 450 g/mol. The molecule has 0 bridgehead atoms. The van der Waals surface area contributed by atoms with Gasteiger partial charge in [0.15, 0.2) is 5.69 Å². The number of rotatable bonds is 5. The summed E-state index contributed by atoms with van der Waals surface area (Å²) in [5.74, 6) is -0.494. The molecule has 0 aliphatic carbocycles. The van der Waals surface area contributed by atoms with Crippen molar-refractivity contribution in [3.8, 4) is 22.6 Å². The quantitative estimate of drug-likeness (QED) is 0.568. The van der Waals surface area contributed by atoms with E-state index in [1.54, 1.807) is 24.3 Å². The minimum Gasteiger partial charge on any atom is -0.477 e. The van der Waals surface area contributed by atoms with Crippen LogP contribution in [0.4, 0.5) is 5.69 Å². The molecule has 178 valence electrons. The average molecular weight is 480 g/mol. The third-order valence-corrected chi connectivity index (χ3v) is 7.31. The first-order chi connectivity index (χ1) is 16.5. The molecule has 3 heterocycles. The Balaban J connectivity index is 1.28. The molecule has 2 fully saturated rings. The molecule has 8 heteroatoms. The molecule has 1 aromatic heterocycles. The molecule has 2 aliphatic heterocycles. The molecule has 5 rings (SSSR count). The Kier molecular flexibility index (Phi) is 6.59. The van der Waals surface area contributed by atoms with Gasteiger partial charge in [-0.2, -0.15) is 0 Å². The highest BCUT2D eigenvalue weighted by molar-refractivity contribution is 6.30. The van der Waals surface area contributed by atoms with Crippen molar-refractivity contribution in [3.63, 3.8) is 0 Å². The van der Waals surface area contributed by atoms with Crippen molar-refractivity contribution < 1.29 is 9.90 Å². The fourth-order valence-electron chi connectivity index (χ4n) is 4.99. The highest BCUT2D eigenvalue weighted by Gasteiger charge is 2.27. The van der Waals surface area contributed by atoms with Gasteiger partial charge in [-0.05, 0) is 56.3 Å². The van der Waals surface area contributed by atoms with Crippen LogP contribution in [0.15, 0.2) is 48.5 Å². The smallest absolute Gasteiger partial charge is 0.354 e. The molecule has 2 aliphatic rings. The standard InChI is InChI=1S/C26H30ClN5O2/c1-30-14-16-32(17-15-30)22-10-12-31(13-11-22)21-8-4-19(5-9-21)25-28-23(24(29-25)26(33)34)18-2-6-20(27)7-3-18/h2-9,22H,10-17H2,1H3,(H,28,29)(H,33,34). The van der Waals surface area contributed by atoms with E-state index in [-0.39, 0.29) is 5.69 Å². The van der Waals surface area contributed by atoms with E-state index >= 15 is 0 Å². The predicted octanol–water partition coefficient (Wildman–Crippen LogP) is 4.31. The van der Waals surface area contributed by atoms with Crippen LogP contribution >= 0.6 is 11.6 Å². The number of likely N-dealkylation sites (N-methyl/N-ethyl adjacent to an activating group) is 1. The van der Waals surface area contributed by atoms with Gasteiger partial charge in [-0.3, -0.25) is 4.90 Å². The number of carbonyl (C=O) groups is 1. The number of halogens is 1. The number of hydrogen-bond acceptors (Lipinski definition) is 5. The first-order valence-electron chi connectivity index (χ1n) is 11.8. The SMILES string of the molecule is CN1CCN(C2CCN(c3ccc(-c4nc(-c5ccc(Cl)cc5)c(C(=O)O)[nH]4)cc3)CC2)CC1. The topological polar surface area (TPSA) is 75.7 Å². The Morgan fingerprint density at radius 1 is 0.941 bits per heavy atom. The number of carboxylic acids is 1. The first kappa shape index (κ1) is 22.9. The Morgan fingerprint density at radius 3 is 2.18 bits per heavy atom. The van der Waals surface area contributed by atoms with Crippen LogP contribution in [0.25, 0.3) is 22.6 Å². The van der Waals surface area contributed by atoms with Crippen molar-refractivity contribution in [1.82, 2.24) is 19.8 Å². The van der Waals surface area contributed by atoms with Gasteiger partial charge in [0.05, 0.1) is 0 Å². The van der Waals surface area contributed by atoms with E-state index in [9.17, 15) is 9.90 Å². The first-order valence-corrected chi connectivity index (χ1v) is 12.2. The maximum Gasteiger partial charge on any atom is 0.354 e. The number of aromatic carboxylic acids is 1. The number of nitrogens with zero attached hydrogens (tertiary/aromatic N) is 4. The number of aromatic nitrogens is 2. The third-order valence-electron chi connectivity index (χ3n) is 7.06. The van der Waals surface area contributed by atoms with Crippen LogP contribution in [0.5, 0.6) is 0 Å². The number of benzene rings is 2. The van der Waals surface area contributed by atoms with Crippen molar-refractivity contribution in [2.75, 3.05) is 51.2 Å². The maximum atomic E-state index is 11.8. The summed E-state index contributed by atoms with van der Waals surface area (Å²) in [7, 11) is 2.20. The zero-order valence-electron chi connectivity index (χ0n) is 19.4. The fraction of sp³-hybridized carbons (Fsp3) is 0.385. The van der Waals surface area contributed by atoms with Crippen LogP contribution in [0.3, 0.4) is 0 Å². The Hall–Kier alpha value is -2.87. The molecule has 0 radical (unpaired) electrons. The van der Waals surface area contributed by atoms with Crippen LogP contribution in [0, 0.1) is 0 Å². The van der Waals surface area contributed by atoms with Gasteiger partial charge in [-0.1, -0.05) is 23.7 Å². The number of hydrogen-bond donors (Lipinski definition) is 2. The van der Waals surface area contributed by atoms with Gasteiger partial charge in [-0.25, -0.2) is 9.78 Å². The molecule has 7 nitrogen and oxygen atoms in total. The molecule has 0 amide bonds. The number of imidazole rings is 1. The van der Waals surface area contributed by atoms with Gasteiger partial charge in [0.2, 0.25) is 0 Å². The zero-order chi connectivity index (χ0) is 23.7. The van der Waals surface area contributed by atoms with Crippen LogP contribution in [-0.4, -0.2) is 83.2 Å². The number of carboxylic acid groups (broad SMARTS) is 1. The Labute approximate surface area is 205 Å². The molecule has 34 heavy (non-hydrogen) atoms. The maximum absolute atomic E-state index is 11.8. The summed E-state index contributed by atoms with van der Waals surface area (Å²) in [4.78, 5) is 26.9. The second-order valence-corrected chi connectivity index (χ2v) is 9.66. The van der Waals surface area contributed by atoms with Crippen LogP contribution in [0.1, 0.15) is 23.3 Å². The molecule has 2 N–H and O–H groups in total. The van der Waals surface area contributed by atoms with E-state index in [0.29, 0.717) is 28.1 Å². The van der Waals surface area contributed by atoms with Crippen LogP contribution < -0.4 is 4.90 Å². The second kappa shape index (κ2) is 9.78. The van der Waals surface area contributed by atoms with E-state index in [1.165, 1.54) is 31.6 Å². The summed E-state index contributed by atoms with van der Waals surface area (Å²) in [6.07, 6.45) is 2.38. The number of piperidine rings is 1. The summed E-state index contributed by atoms with van der Waals surface area (Å²) in [5.41, 5.74) is 3.26. The molecule has 0 unspecified atom stereocenters. The molecule has 2 aromatic carbocycles. The molecule has 2 saturated heterocycles. The monoisotopic (exact) mass is 479 g/mol. The van der Waals surface area contributed by atoms with E-state index < -0.39 is 5.97 Å². The number of aromatic amines is 1. The fourth-order valence-corrected chi connectivity index (χ4v) is 5.11. The van der Waals surface area contributed by atoms with E-state index in [0.717, 1.165) is 31.7 Å². The van der Waals surface area contributed by atoms with Crippen molar-refractivity contribution in [2.45, 2.75) is 18.9 Å². The zero-order valence-corrected chi connectivity index (χ0v) is 20.1. The third kappa shape index (κ3) is 4.82. The molecule has 0 atom stereocenters. The second-order valence-electron chi connectivity index (χ2n) is 9.23. The highest BCUT2D eigenvalue weighted by atomic mass is 35.5. The predicted molar refractivity (Wildman–Crippen MR) is 136 cm³/mol. The van der Waals surface area contributed by atoms with Gasteiger partial charge in [-0.15, -0.1) is 0 Å². The summed E-state index contributed by atoms with van der Waals surface area (Å²) in [6, 6.07) is 16.0. The molecule has 0 saturated carbocycles. The number of H-pyrrole nitrogens is 1. The number of piperazine rings is 1. The summed E-state index contributed by atoms with van der Waals surface area (Å²) in [6.45, 7) is 6.79. The van der Waals surface area contributed by atoms with Crippen molar-refractivity contribution in [1.29, 1.82) is 0 Å². The van der Waals surface area contributed by atoms with Gasteiger partial charge in [0, 0.05) is 67.1 Å². The largest absolute Gasteiger partial charge is 0.477 e. The Morgan fingerprint density at radius 2 is 1.56 bits per heavy atom. The minimum absolute atomic E-state index is 0.0763. The number of anilines is 1. The number of nitrogens with one attached hydrogen (secondary N) is 1. The lowest BCUT2D eigenvalue weighted by Gasteiger charge is -2.42. The van der Waals surface area contributed by atoms with Gasteiger partial charge in [0.25, 0.3) is 0 Å².